The number of hydrogen-bond acceptors (Lipinski definition) is 2. The van der Waals surface area contributed by atoms with Crippen LogP contribution in [0.4, 0.5) is 8.78 Å². The summed E-state index contributed by atoms with van der Waals surface area (Å²) in [6.07, 6.45) is -2.59. The fourth-order valence-electron chi connectivity index (χ4n) is 1.40. The molecule has 0 fully saturated rings. The number of H-pyrrole nitrogens is 1. The molecule has 1 heterocycles. The van der Waals surface area contributed by atoms with Crippen molar-refractivity contribution in [3.8, 4) is 11.3 Å². The first-order valence-electron chi connectivity index (χ1n) is 4.83. The molecule has 1 aromatic heterocycles. The molecular formula is C11H11F2N3. The summed E-state index contributed by atoms with van der Waals surface area (Å²) >= 11 is 0. The van der Waals surface area contributed by atoms with Gasteiger partial charge < -0.3 is 5.73 Å². The smallest absolute Gasteiger partial charge is 0.259 e. The van der Waals surface area contributed by atoms with E-state index in [2.05, 4.69) is 10.2 Å². The zero-order valence-corrected chi connectivity index (χ0v) is 8.40. The predicted octanol–water partition coefficient (Wildman–Crippen LogP) is 2.34. The molecule has 0 saturated carbocycles. The Morgan fingerprint density at radius 3 is 2.50 bits per heavy atom. The summed E-state index contributed by atoms with van der Waals surface area (Å²) in [6, 6.07) is 9.54. The molecule has 1 unspecified atom stereocenters. The van der Waals surface area contributed by atoms with Crippen LogP contribution in [0.25, 0.3) is 11.3 Å². The van der Waals surface area contributed by atoms with Gasteiger partial charge in [0, 0.05) is 5.56 Å². The van der Waals surface area contributed by atoms with Crippen LogP contribution in [0.15, 0.2) is 36.4 Å². The molecule has 16 heavy (non-hydrogen) atoms. The number of halogens is 2. The first kappa shape index (κ1) is 10.8. The van der Waals surface area contributed by atoms with E-state index in [4.69, 9.17) is 5.73 Å². The van der Waals surface area contributed by atoms with Gasteiger partial charge in [-0.05, 0) is 6.07 Å². The molecule has 0 aliphatic carbocycles. The molecule has 0 saturated heterocycles. The Balaban J connectivity index is 2.27. The number of aromatic nitrogens is 2. The minimum Gasteiger partial charge on any atom is -0.318 e. The van der Waals surface area contributed by atoms with Crippen molar-refractivity contribution in [1.29, 1.82) is 0 Å². The molecule has 0 spiro atoms. The second-order valence-corrected chi connectivity index (χ2v) is 3.43. The fraction of sp³-hybridized carbons (Fsp3) is 0.182. The van der Waals surface area contributed by atoms with Crippen molar-refractivity contribution in [3.05, 3.63) is 42.1 Å². The van der Waals surface area contributed by atoms with Gasteiger partial charge in [-0.25, -0.2) is 8.78 Å². The minimum atomic E-state index is -2.59. The van der Waals surface area contributed by atoms with Crippen LogP contribution in [-0.2, 0) is 0 Å². The van der Waals surface area contributed by atoms with Gasteiger partial charge in [-0.3, -0.25) is 5.10 Å². The van der Waals surface area contributed by atoms with Gasteiger partial charge in [0.05, 0.1) is 11.4 Å². The van der Waals surface area contributed by atoms with E-state index in [9.17, 15) is 8.78 Å². The van der Waals surface area contributed by atoms with Crippen LogP contribution in [0.5, 0.6) is 0 Å². The summed E-state index contributed by atoms with van der Waals surface area (Å²) in [6.45, 7) is 0. The lowest BCUT2D eigenvalue weighted by Crippen LogP contribution is -2.19. The zero-order valence-electron chi connectivity index (χ0n) is 8.40. The molecule has 2 rings (SSSR count). The van der Waals surface area contributed by atoms with Gasteiger partial charge in [0.15, 0.2) is 0 Å². The molecule has 2 aromatic rings. The van der Waals surface area contributed by atoms with Crippen molar-refractivity contribution >= 4 is 0 Å². The molecule has 1 aromatic carbocycles. The number of aromatic amines is 1. The van der Waals surface area contributed by atoms with E-state index >= 15 is 0 Å². The van der Waals surface area contributed by atoms with E-state index in [0.717, 1.165) is 5.56 Å². The maximum absolute atomic E-state index is 12.4. The van der Waals surface area contributed by atoms with Crippen LogP contribution in [-0.4, -0.2) is 16.6 Å². The van der Waals surface area contributed by atoms with Crippen molar-refractivity contribution in [3.63, 3.8) is 0 Å². The van der Waals surface area contributed by atoms with E-state index in [-0.39, 0.29) is 5.69 Å². The van der Waals surface area contributed by atoms with E-state index < -0.39 is 12.5 Å². The topological polar surface area (TPSA) is 54.7 Å². The summed E-state index contributed by atoms with van der Waals surface area (Å²) in [5.74, 6) is 0. The predicted molar refractivity (Wildman–Crippen MR) is 57.0 cm³/mol. The highest BCUT2D eigenvalue weighted by Crippen LogP contribution is 2.22. The zero-order chi connectivity index (χ0) is 11.5. The number of nitrogens with two attached hydrogens (primary N) is 1. The number of rotatable bonds is 3. The van der Waals surface area contributed by atoms with E-state index in [1.165, 1.54) is 0 Å². The van der Waals surface area contributed by atoms with Gasteiger partial charge in [0.25, 0.3) is 6.43 Å². The van der Waals surface area contributed by atoms with Gasteiger partial charge in [-0.1, -0.05) is 30.3 Å². The van der Waals surface area contributed by atoms with Gasteiger partial charge in [-0.2, -0.15) is 5.10 Å². The lowest BCUT2D eigenvalue weighted by atomic mass is 10.1. The number of nitrogens with one attached hydrogen (secondary N) is 1. The summed E-state index contributed by atoms with van der Waals surface area (Å²) in [5, 5.41) is 6.48. The molecular weight excluding hydrogens is 212 g/mol. The van der Waals surface area contributed by atoms with E-state index in [1.54, 1.807) is 6.07 Å². The Hall–Kier alpha value is -1.75. The standard InChI is InChI=1S/C11H11F2N3/c12-11(13)10(14)9-6-8(15-16-9)7-4-2-1-3-5-7/h1-6,10-11H,14H2,(H,15,16). The first-order valence-corrected chi connectivity index (χ1v) is 4.83. The average Bonchev–Trinajstić information content (AvgIpc) is 2.78. The van der Waals surface area contributed by atoms with Gasteiger partial charge in [0.2, 0.25) is 0 Å². The van der Waals surface area contributed by atoms with E-state index in [0.29, 0.717) is 5.69 Å². The van der Waals surface area contributed by atoms with E-state index in [1.807, 2.05) is 30.3 Å². The lowest BCUT2D eigenvalue weighted by Gasteiger charge is -2.05. The number of nitrogens with zero attached hydrogens (tertiary/aromatic N) is 1. The molecule has 0 bridgehead atoms. The maximum atomic E-state index is 12.4. The summed E-state index contributed by atoms with van der Waals surface area (Å²) in [4.78, 5) is 0. The monoisotopic (exact) mass is 223 g/mol. The highest BCUT2D eigenvalue weighted by molar-refractivity contribution is 5.59. The SMILES string of the molecule is NC(c1cc(-c2ccccc2)n[nH]1)C(F)F. The van der Waals surface area contributed by atoms with Crippen LogP contribution >= 0.6 is 0 Å². The molecule has 84 valence electrons. The molecule has 3 nitrogen and oxygen atoms in total. The Labute approximate surface area is 91.3 Å². The van der Waals surface area contributed by atoms with Crippen LogP contribution in [0.1, 0.15) is 11.7 Å². The van der Waals surface area contributed by atoms with Crippen molar-refractivity contribution in [2.45, 2.75) is 12.5 Å². The summed E-state index contributed by atoms with van der Waals surface area (Å²) in [5.41, 5.74) is 7.04. The molecule has 0 aliphatic heterocycles. The number of alkyl halides is 2. The van der Waals surface area contributed by atoms with Crippen LogP contribution in [0.3, 0.4) is 0 Å². The van der Waals surface area contributed by atoms with Crippen LogP contribution in [0.2, 0.25) is 0 Å². The largest absolute Gasteiger partial charge is 0.318 e. The summed E-state index contributed by atoms with van der Waals surface area (Å²) in [7, 11) is 0. The van der Waals surface area contributed by atoms with Crippen molar-refractivity contribution in [1.82, 2.24) is 10.2 Å². The third kappa shape index (κ3) is 2.09. The first-order chi connectivity index (χ1) is 7.68. The fourth-order valence-corrected chi connectivity index (χ4v) is 1.40. The molecule has 1 atom stereocenters. The maximum Gasteiger partial charge on any atom is 0.259 e. The quantitative estimate of drug-likeness (QED) is 0.839. The molecule has 3 N–H and O–H groups in total. The van der Waals surface area contributed by atoms with Crippen molar-refractivity contribution in [2.24, 2.45) is 5.73 Å². The third-order valence-corrected chi connectivity index (χ3v) is 2.30. The molecule has 0 aliphatic rings. The Morgan fingerprint density at radius 2 is 1.88 bits per heavy atom. The average molecular weight is 223 g/mol. The Bertz CT molecular complexity index is 453. The minimum absolute atomic E-state index is 0.244. The van der Waals surface area contributed by atoms with Gasteiger partial charge in [0.1, 0.15) is 6.04 Å². The highest BCUT2D eigenvalue weighted by Gasteiger charge is 2.19. The van der Waals surface area contributed by atoms with Crippen LogP contribution in [0, 0.1) is 0 Å². The second-order valence-electron chi connectivity index (χ2n) is 3.43. The lowest BCUT2D eigenvalue weighted by molar-refractivity contribution is 0.114. The second kappa shape index (κ2) is 4.40. The Kier molecular flexibility index (Phi) is 2.96. The van der Waals surface area contributed by atoms with Crippen molar-refractivity contribution < 1.29 is 8.78 Å². The van der Waals surface area contributed by atoms with Gasteiger partial charge in [-0.15, -0.1) is 0 Å². The number of hydrogen-bond donors (Lipinski definition) is 2. The molecule has 0 radical (unpaired) electrons. The molecule has 0 amide bonds. The third-order valence-electron chi connectivity index (χ3n) is 2.30. The number of benzene rings is 1. The highest BCUT2D eigenvalue weighted by atomic mass is 19.3. The van der Waals surface area contributed by atoms with Crippen LogP contribution < -0.4 is 5.73 Å². The van der Waals surface area contributed by atoms with Gasteiger partial charge >= 0.3 is 0 Å². The normalized spacial score (nSPS) is 13.0. The molecule has 5 heteroatoms. The summed E-state index contributed by atoms with van der Waals surface area (Å²) < 4.78 is 24.7. The van der Waals surface area contributed by atoms with Crippen molar-refractivity contribution in [2.75, 3.05) is 0 Å². The Morgan fingerprint density at radius 1 is 1.19 bits per heavy atom.